The maximum absolute atomic E-state index is 11.3. The van der Waals surface area contributed by atoms with Crippen LogP contribution in [-0.2, 0) is 23.8 Å². The summed E-state index contributed by atoms with van der Waals surface area (Å²) in [6.07, 6.45) is 2.18. The van der Waals surface area contributed by atoms with Gasteiger partial charge in [0, 0.05) is 32.6 Å². The zero-order valence-electron chi connectivity index (χ0n) is 17.6. The number of ether oxygens (including phenoxy) is 3. The number of rotatable bonds is 16. The molecule has 3 N–H and O–H groups in total. The quantitative estimate of drug-likeness (QED) is 0.400. The molecular weight excluding hydrogens is 336 g/mol. The Kier molecular flexibility index (Phi) is 32.9. The highest BCUT2D eigenvalue weighted by atomic mass is 16.5. The van der Waals surface area contributed by atoms with Crippen LogP contribution >= 0.6 is 0 Å². The topological polar surface area (TPSA) is 99.9 Å². The van der Waals surface area contributed by atoms with E-state index in [4.69, 9.17) is 19.9 Å². The summed E-state index contributed by atoms with van der Waals surface area (Å²) in [6.45, 7) is 14.1. The lowest BCUT2D eigenvalue weighted by molar-refractivity contribution is -0.124. The zero-order chi connectivity index (χ0) is 20.5. The van der Waals surface area contributed by atoms with Crippen molar-refractivity contribution >= 4 is 11.7 Å². The number of Topliss-reactive ketones (excluding diaryl/α,β-unsaturated/α-hetero) is 1. The highest BCUT2D eigenvalue weighted by molar-refractivity contribution is 5.83. The predicted octanol–water partition coefficient (Wildman–Crippen LogP) is 2.31. The summed E-state index contributed by atoms with van der Waals surface area (Å²) in [5.41, 5.74) is 5.34. The second kappa shape index (κ2) is 28.8. The average molecular weight is 379 g/mol. The smallest absolute Gasteiger partial charge is 0.220 e. The van der Waals surface area contributed by atoms with E-state index in [1.54, 1.807) is 0 Å². The molecular formula is C19H42N2O5. The van der Waals surface area contributed by atoms with Crippen LogP contribution in [0, 0.1) is 0 Å². The maximum atomic E-state index is 11.3. The first-order chi connectivity index (χ1) is 12.7. The fourth-order valence-electron chi connectivity index (χ4n) is 1.51. The molecule has 26 heavy (non-hydrogen) atoms. The van der Waals surface area contributed by atoms with E-state index in [-0.39, 0.29) is 18.1 Å². The first-order valence-corrected chi connectivity index (χ1v) is 9.86. The second-order valence-electron chi connectivity index (χ2n) is 4.88. The van der Waals surface area contributed by atoms with Crippen molar-refractivity contribution in [1.82, 2.24) is 5.32 Å². The lowest BCUT2D eigenvalue weighted by Crippen LogP contribution is -2.25. The third-order valence-electron chi connectivity index (χ3n) is 2.73. The molecule has 0 aromatic rings. The summed E-state index contributed by atoms with van der Waals surface area (Å²) in [6, 6.07) is 0. The molecule has 0 rings (SSSR count). The van der Waals surface area contributed by atoms with Crippen molar-refractivity contribution in [3.8, 4) is 0 Å². The number of carbonyl (C=O) groups is 2. The molecule has 0 heterocycles. The molecule has 0 radical (unpaired) electrons. The minimum atomic E-state index is -0.0897. The molecule has 7 heteroatoms. The van der Waals surface area contributed by atoms with E-state index < -0.39 is 0 Å². The SMILES string of the molecule is CC.CC.CC(=O)CCC(=O)NCCCOCCOCCOCCCN. The molecule has 0 aliphatic carbocycles. The number of hydrogen-bond donors (Lipinski definition) is 2. The van der Waals surface area contributed by atoms with Crippen LogP contribution < -0.4 is 11.1 Å². The molecule has 0 saturated carbocycles. The fraction of sp³-hybridized carbons (Fsp3) is 0.895. The molecule has 0 aromatic heterocycles. The molecule has 0 bridgehead atoms. The first-order valence-electron chi connectivity index (χ1n) is 9.86. The van der Waals surface area contributed by atoms with Crippen LogP contribution in [0.25, 0.3) is 0 Å². The van der Waals surface area contributed by atoms with E-state index in [1.807, 2.05) is 27.7 Å². The zero-order valence-corrected chi connectivity index (χ0v) is 17.6. The van der Waals surface area contributed by atoms with E-state index >= 15 is 0 Å². The van der Waals surface area contributed by atoms with Gasteiger partial charge in [0.1, 0.15) is 5.78 Å². The Morgan fingerprint density at radius 2 is 1.23 bits per heavy atom. The van der Waals surface area contributed by atoms with Crippen molar-refractivity contribution in [2.24, 2.45) is 5.73 Å². The summed E-state index contributed by atoms with van der Waals surface area (Å²) < 4.78 is 16.0. The van der Waals surface area contributed by atoms with Crippen LogP contribution in [0.5, 0.6) is 0 Å². The molecule has 1 amide bonds. The Labute approximate surface area is 160 Å². The van der Waals surface area contributed by atoms with Crippen LogP contribution in [-0.4, -0.2) is 64.4 Å². The standard InChI is InChI=1S/C15H30N2O5.2C2H6/c1-14(18)4-5-15(19)17-7-3-9-21-11-13-22-12-10-20-8-2-6-16;2*1-2/h2-13,16H2,1H3,(H,17,19);2*1-2H3. The van der Waals surface area contributed by atoms with E-state index in [0.29, 0.717) is 59.2 Å². The van der Waals surface area contributed by atoms with Gasteiger partial charge >= 0.3 is 0 Å². The number of carbonyl (C=O) groups excluding carboxylic acids is 2. The van der Waals surface area contributed by atoms with Gasteiger partial charge in [0.05, 0.1) is 26.4 Å². The first kappa shape index (κ1) is 29.7. The van der Waals surface area contributed by atoms with Crippen LogP contribution in [0.15, 0.2) is 0 Å². The Morgan fingerprint density at radius 1 is 0.769 bits per heavy atom. The Morgan fingerprint density at radius 3 is 1.69 bits per heavy atom. The number of amides is 1. The molecule has 0 aliphatic heterocycles. The number of nitrogens with two attached hydrogens (primary N) is 1. The third-order valence-corrected chi connectivity index (χ3v) is 2.73. The number of nitrogens with one attached hydrogen (secondary N) is 1. The minimum Gasteiger partial charge on any atom is -0.379 e. The third kappa shape index (κ3) is 30.8. The van der Waals surface area contributed by atoms with E-state index in [2.05, 4.69) is 5.32 Å². The second-order valence-corrected chi connectivity index (χ2v) is 4.88. The normalized spacial score (nSPS) is 9.46. The van der Waals surface area contributed by atoms with Crippen molar-refractivity contribution in [3.63, 3.8) is 0 Å². The lowest BCUT2D eigenvalue weighted by atomic mass is 10.2. The van der Waals surface area contributed by atoms with Gasteiger partial charge in [0.15, 0.2) is 0 Å². The van der Waals surface area contributed by atoms with Crippen LogP contribution in [0.2, 0.25) is 0 Å². The van der Waals surface area contributed by atoms with Crippen LogP contribution in [0.1, 0.15) is 60.3 Å². The van der Waals surface area contributed by atoms with E-state index in [0.717, 1.165) is 12.8 Å². The summed E-state index contributed by atoms with van der Waals surface area (Å²) in [5, 5.41) is 2.75. The molecule has 0 atom stereocenters. The summed E-state index contributed by atoms with van der Waals surface area (Å²) in [4.78, 5) is 22.0. The van der Waals surface area contributed by atoms with E-state index in [1.165, 1.54) is 6.92 Å². The van der Waals surface area contributed by atoms with Crippen LogP contribution in [0.4, 0.5) is 0 Å². The summed E-state index contributed by atoms with van der Waals surface area (Å²) in [5.74, 6) is -0.0589. The van der Waals surface area contributed by atoms with Crippen molar-refractivity contribution in [1.29, 1.82) is 0 Å². The van der Waals surface area contributed by atoms with Crippen molar-refractivity contribution in [2.75, 3.05) is 52.7 Å². The Hall–Kier alpha value is -1.02. The highest BCUT2D eigenvalue weighted by Gasteiger charge is 2.02. The minimum absolute atomic E-state index is 0.0308. The van der Waals surface area contributed by atoms with Crippen molar-refractivity contribution < 1.29 is 23.8 Å². The Bertz CT molecular complexity index is 289. The van der Waals surface area contributed by atoms with Gasteiger partial charge in [0.25, 0.3) is 0 Å². The predicted molar refractivity (Wildman–Crippen MR) is 106 cm³/mol. The molecule has 0 spiro atoms. The van der Waals surface area contributed by atoms with Gasteiger partial charge in [0.2, 0.25) is 5.91 Å². The maximum Gasteiger partial charge on any atom is 0.220 e. The fourth-order valence-corrected chi connectivity index (χ4v) is 1.51. The summed E-state index contributed by atoms with van der Waals surface area (Å²) >= 11 is 0. The molecule has 0 aliphatic rings. The highest BCUT2D eigenvalue weighted by Crippen LogP contribution is 1.90. The van der Waals surface area contributed by atoms with Gasteiger partial charge in [-0.1, -0.05) is 27.7 Å². The van der Waals surface area contributed by atoms with Gasteiger partial charge < -0.3 is 30.1 Å². The molecule has 0 aromatic carbocycles. The van der Waals surface area contributed by atoms with Crippen LogP contribution in [0.3, 0.4) is 0 Å². The van der Waals surface area contributed by atoms with Gasteiger partial charge in [-0.3, -0.25) is 4.79 Å². The van der Waals surface area contributed by atoms with Gasteiger partial charge in [-0.05, 0) is 26.3 Å². The largest absolute Gasteiger partial charge is 0.379 e. The van der Waals surface area contributed by atoms with Crippen molar-refractivity contribution in [3.05, 3.63) is 0 Å². The number of hydrogen-bond acceptors (Lipinski definition) is 6. The summed E-state index contributed by atoms with van der Waals surface area (Å²) in [7, 11) is 0. The molecule has 0 saturated heterocycles. The Balaban J connectivity index is -0.00000123. The van der Waals surface area contributed by atoms with Gasteiger partial charge in [-0.2, -0.15) is 0 Å². The van der Waals surface area contributed by atoms with Crippen molar-refractivity contribution in [2.45, 2.75) is 60.3 Å². The molecule has 0 unspecified atom stereocenters. The molecule has 0 fully saturated rings. The van der Waals surface area contributed by atoms with E-state index in [9.17, 15) is 9.59 Å². The monoisotopic (exact) mass is 378 g/mol. The lowest BCUT2D eigenvalue weighted by Gasteiger charge is -2.07. The van der Waals surface area contributed by atoms with Gasteiger partial charge in [-0.25, -0.2) is 0 Å². The average Bonchev–Trinajstić information content (AvgIpc) is 2.67. The van der Waals surface area contributed by atoms with Gasteiger partial charge in [-0.15, -0.1) is 0 Å². The molecule has 158 valence electrons. The molecule has 7 nitrogen and oxygen atoms in total. The number of ketones is 1.